The third-order valence-corrected chi connectivity index (χ3v) is 4.65. The lowest BCUT2D eigenvalue weighted by molar-refractivity contribution is -0.123. The van der Waals surface area contributed by atoms with Crippen molar-refractivity contribution in [3.8, 4) is 0 Å². The van der Waals surface area contributed by atoms with Gasteiger partial charge in [-0.25, -0.2) is 0 Å². The predicted molar refractivity (Wildman–Crippen MR) is 92.2 cm³/mol. The Kier molecular flexibility index (Phi) is 4.44. The van der Waals surface area contributed by atoms with Crippen molar-refractivity contribution in [3.63, 3.8) is 0 Å². The van der Waals surface area contributed by atoms with Crippen molar-refractivity contribution in [1.29, 1.82) is 0 Å². The highest BCUT2D eigenvalue weighted by Gasteiger charge is 2.28. The van der Waals surface area contributed by atoms with Crippen molar-refractivity contribution in [2.75, 3.05) is 18.0 Å². The number of anilines is 1. The van der Waals surface area contributed by atoms with Crippen molar-refractivity contribution >= 4 is 22.4 Å². The monoisotopic (exact) mass is 296 g/mol. The van der Waals surface area contributed by atoms with Gasteiger partial charge in [0.1, 0.15) is 0 Å². The third kappa shape index (κ3) is 2.86. The fourth-order valence-electron chi connectivity index (χ4n) is 3.32. The largest absolute Gasteiger partial charge is 0.313 e. The van der Waals surface area contributed by atoms with Crippen molar-refractivity contribution in [2.45, 2.75) is 32.7 Å². The summed E-state index contributed by atoms with van der Waals surface area (Å²) in [6.07, 6.45) is 2.05. The second-order valence-electron chi connectivity index (χ2n) is 6.16. The molecule has 1 fully saturated rings. The number of hydrogen-bond donors (Lipinski definition) is 1. The number of nitrogens with zero attached hydrogens (tertiary/aromatic N) is 1. The fraction of sp³-hybridized carbons (Fsp3) is 0.421. The maximum atomic E-state index is 13.0. The molecule has 3 nitrogen and oxygen atoms in total. The van der Waals surface area contributed by atoms with Gasteiger partial charge in [0.2, 0.25) is 5.91 Å². The molecule has 1 heterocycles. The second-order valence-corrected chi connectivity index (χ2v) is 6.16. The number of piperidine rings is 1. The lowest BCUT2D eigenvalue weighted by Gasteiger charge is -2.32. The van der Waals surface area contributed by atoms with Gasteiger partial charge in [-0.2, -0.15) is 0 Å². The maximum absolute atomic E-state index is 13.0. The zero-order valence-corrected chi connectivity index (χ0v) is 13.4. The summed E-state index contributed by atoms with van der Waals surface area (Å²) in [5.41, 5.74) is 1.03. The van der Waals surface area contributed by atoms with Crippen LogP contribution in [-0.4, -0.2) is 25.0 Å². The second kappa shape index (κ2) is 6.49. The van der Waals surface area contributed by atoms with Crippen LogP contribution < -0.4 is 10.2 Å². The number of nitrogens with one attached hydrogen (secondary N) is 1. The third-order valence-electron chi connectivity index (χ3n) is 4.65. The van der Waals surface area contributed by atoms with E-state index in [0.717, 1.165) is 30.5 Å². The minimum absolute atomic E-state index is 0.0927. The van der Waals surface area contributed by atoms with E-state index in [2.05, 4.69) is 43.4 Å². The maximum Gasteiger partial charge on any atom is 0.231 e. The summed E-state index contributed by atoms with van der Waals surface area (Å²) >= 11 is 0. The van der Waals surface area contributed by atoms with Gasteiger partial charge < -0.3 is 10.2 Å². The summed E-state index contributed by atoms with van der Waals surface area (Å²) in [5.74, 6) is 0.341. The topological polar surface area (TPSA) is 32.3 Å². The highest BCUT2D eigenvalue weighted by Crippen LogP contribution is 2.29. The minimum Gasteiger partial charge on any atom is -0.313 e. The zero-order valence-electron chi connectivity index (χ0n) is 13.4. The summed E-state index contributed by atoms with van der Waals surface area (Å²) in [4.78, 5) is 14.9. The number of carbonyl (C=O) groups excluding carboxylic acids is 1. The van der Waals surface area contributed by atoms with Gasteiger partial charge in [-0.05, 0) is 38.1 Å². The van der Waals surface area contributed by atoms with E-state index in [0.29, 0.717) is 12.6 Å². The Morgan fingerprint density at radius 2 is 1.95 bits per heavy atom. The molecule has 1 N–H and O–H groups in total. The molecule has 116 valence electrons. The van der Waals surface area contributed by atoms with Crippen LogP contribution in [0.4, 0.5) is 5.69 Å². The first kappa shape index (κ1) is 15.0. The van der Waals surface area contributed by atoms with Crippen LogP contribution in [0.2, 0.25) is 0 Å². The Bertz CT molecular complexity index is 654. The van der Waals surface area contributed by atoms with Crippen LogP contribution >= 0.6 is 0 Å². The Morgan fingerprint density at radius 3 is 2.68 bits per heavy atom. The van der Waals surface area contributed by atoms with E-state index in [-0.39, 0.29) is 11.8 Å². The van der Waals surface area contributed by atoms with Crippen molar-refractivity contribution in [2.24, 2.45) is 5.92 Å². The van der Waals surface area contributed by atoms with Crippen molar-refractivity contribution in [1.82, 2.24) is 5.32 Å². The van der Waals surface area contributed by atoms with E-state index in [1.807, 2.05) is 23.1 Å². The summed E-state index contributed by atoms with van der Waals surface area (Å²) in [6, 6.07) is 15.0. The Balaban J connectivity index is 1.91. The number of rotatable bonds is 3. The summed E-state index contributed by atoms with van der Waals surface area (Å²) < 4.78 is 0. The predicted octanol–water partition coefficient (Wildman–Crippen LogP) is 3.58. The normalized spacial score (nSPS) is 21.7. The molecule has 0 aromatic heterocycles. The molecule has 3 heteroatoms. The quantitative estimate of drug-likeness (QED) is 0.939. The molecular weight excluding hydrogens is 272 g/mol. The van der Waals surface area contributed by atoms with Crippen molar-refractivity contribution in [3.05, 3.63) is 42.5 Å². The molecule has 22 heavy (non-hydrogen) atoms. The highest BCUT2D eigenvalue weighted by atomic mass is 16.2. The number of carbonyl (C=O) groups is 1. The molecule has 2 aromatic carbocycles. The molecule has 2 unspecified atom stereocenters. The van der Waals surface area contributed by atoms with E-state index in [4.69, 9.17) is 0 Å². The van der Waals surface area contributed by atoms with E-state index in [1.165, 1.54) is 5.39 Å². The van der Waals surface area contributed by atoms with Crippen LogP contribution in [0.5, 0.6) is 0 Å². The number of amides is 1. The molecule has 0 aliphatic carbocycles. The van der Waals surface area contributed by atoms with E-state index in [1.54, 1.807) is 0 Å². The van der Waals surface area contributed by atoms with Gasteiger partial charge in [-0.3, -0.25) is 4.79 Å². The molecule has 1 aliphatic rings. The molecule has 3 rings (SSSR count). The van der Waals surface area contributed by atoms with Crippen LogP contribution in [-0.2, 0) is 4.79 Å². The number of hydrogen-bond acceptors (Lipinski definition) is 2. The standard InChI is InChI=1S/C19H24N2O/c1-3-21(19(22)16-12-11-14(2)20-13-16)18-10-6-8-15-7-4-5-9-17(15)18/h4-10,14,16,20H,3,11-13H2,1-2H3. The van der Waals surface area contributed by atoms with Crippen molar-refractivity contribution < 1.29 is 4.79 Å². The SMILES string of the molecule is CCN(C(=O)C1CCC(C)NC1)c1cccc2ccccc12. The first-order valence-electron chi connectivity index (χ1n) is 8.23. The van der Waals surface area contributed by atoms with Crippen LogP contribution in [0.3, 0.4) is 0 Å². The van der Waals surface area contributed by atoms with Gasteiger partial charge in [0.15, 0.2) is 0 Å². The van der Waals surface area contributed by atoms with Crippen LogP contribution in [0.1, 0.15) is 26.7 Å². The van der Waals surface area contributed by atoms with E-state index in [9.17, 15) is 4.79 Å². The van der Waals surface area contributed by atoms with E-state index >= 15 is 0 Å². The fourth-order valence-corrected chi connectivity index (χ4v) is 3.32. The Labute approximate surface area is 132 Å². The van der Waals surface area contributed by atoms with E-state index < -0.39 is 0 Å². The zero-order chi connectivity index (χ0) is 15.5. The summed E-state index contributed by atoms with van der Waals surface area (Å²) in [6.45, 7) is 5.74. The Hall–Kier alpha value is -1.87. The van der Waals surface area contributed by atoms with Gasteiger partial charge in [0.25, 0.3) is 0 Å². The molecule has 1 saturated heterocycles. The van der Waals surface area contributed by atoms with Gasteiger partial charge >= 0.3 is 0 Å². The molecule has 1 amide bonds. The first-order valence-corrected chi connectivity index (χ1v) is 8.23. The smallest absolute Gasteiger partial charge is 0.231 e. The molecule has 0 radical (unpaired) electrons. The number of fused-ring (bicyclic) bond motifs is 1. The Morgan fingerprint density at radius 1 is 1.18 bits per heavy atom. The molecule has 2 aromatic rings. The van der Waals surface area contributed by atoms with Gasteiger partial charge in [-0.1, -0.05) is 36.4 Å². The molecule has 1 aliphatic heterocycles. The molecule has 0 bridgehead atoms. The minimum atomic E-state index is 0.0927. The summed E-state index contributed by atoms with van der Waals surface area (Å²) in [5, 5.41) is 5.77. The molecule has 2 atom stereocenters. The van der Waals surface area contributed by atoms with Gasteiger partial charge in [0.05, 0.1) is 11.6 Å². The molecule has 0 spiro atoms. The number of benzene rings is 2. The van der Waals surface area contributed by atoms with Gasteiger partial charge in [0, 0.05) is 24.5 Å². The van der Waals surface area contributed by atoms with Crippen LogP contribution in [0.15, 0.2) is 42.5 Å². The molecule has 0 saturated carbocycles. The lowest BCUT2D eigenvalue weighted by atomic mass is 9.94. The average molecular weight is 296 g/mol. The average Bonchev–Trinajstić information content (AvgIpc) is 2.56. The summed E-state index contributed by atoms with van der Waals surface area (Å²) in [7, 11) is 0. The molecular formula is C19H24N2O. The highest BCUT2D eigenvalue weighted by molar-refractivity contribution is 6.04. The van der Waals surface area contributed by atoms with Crippen LogP contribution in [0, 0.1) is 5.92 Å². The van der Waals surface area contributed by atoms with Crippen LogP contribution in [0.25, 0.3) is 10.8 Å². The van der Waals surface area contributed by atoms with Gasteiger partial charge in [-0.15, -0.1) is 0 Å². The lowest BCUT2D eigenvalue weighted by Crippen LogP contribution is -2.45. The first-order chi connectivity index (χ1) is 10.7.